The molecule has 0 radical (unpaired) electrons. The van der Waals surface area contributed by atoms with Crippen LogP contribution in [0.1, 0.15) is 61.5 Å². The number of para-hydroxylation sites is 1. The summed E-state index contributed by atoms with van der Waals surface area (Å²) in [6.45, 7) is 11.1. The summed E-state index contributed by atoms with van der Waals surface area (Å²) in [7, 11) is 0. The molecule has 27 heavy (non-hydrogen) atoms. The first kappa shape index (κ1) is 21.4. The van der Waals surface area contributed by atoms with Gasteiger partial charge in [-0.25, -0.2) is 9.67 Å². The van der Waals surface area contributed by atoms with E-state index in [1.54, 1.807) is 4.68 Å². The predicted octanol–water partition coefficient (Wildman–Crippen LogP) is 3.24. The molecule has 1 aromatic heterocycles. The van der Waals surface area contributed by atoms with Gasteiger partial charge in [0.05, 0.1) is 5.69 Å². The van der Waals surface area contributed by atoms with Crippen molar-refractivity contribution in [3.63, 3.8) is 0 Å². The van der Waals surface area contributed by atoms with Gasteiger partial charge in [0, 0.05) is 6.54 Å². The second-order valence-corrected chi connectivity index (χ2v) is 7.85. The molecule has 1 aliphatic heterocycles. The lowest BCUT2D eigenvalue weighted by atomic mass is 9.81. The van der Waals surface area contributed by atoms with Gasteiger partial charge in [-0.15, -0.1) is 17.5 Å². The van der Waals surface area contributed by atoms with Crippen LogP contribution in [-0.2, 0) is 0 Å². The first-order valence-corrected chi connectivity index (χ1v) is 9.41. The van der Waals surface area contributed by atoms with Crippen LogP contribution in [0, 0.1) is 12.3 Å². The number of hydrogen-bond donors (Lipinski definition) is 2. The fourth-order valence-electron chi connectivity index (χ4n) is 3.46. The van der Waals surface area contributed by atoms with Crippen LogP contribution in [-0.4, -0.2) is 40.3 Å². The molecule has 1 aliphatic rings. The zero-order valence-corrected chi connectivity index (χ0v) is 17.4. The molecule has 1 fully saturated rings. The zero-order valence-electron chi connectivity index (χ0n) is 16.6. The van der Waals surface area contributed by atoms with Crippen molar-refractivity contribution in [3.05, 3.63) is 41.5 Å². The first-order chi connectivity index (χ1) is 12.4. The van der Waals surface area contributed by atoms with Crippen molar-refractivity contribution in [3.8, 4) is 5.69 Å². The number of piperidine rings is 1. The van der Waals surface area contributed by atoms with Crippen LogP contribution in [0.25, 0.3) is 5.69 Å². The van der Waals surface area contributed by atoms with Gasteiger partial charge in [0.25, 0.3) is 5.91 Å². The fraction of sp³-hybridized carbons (Fsp3) is 0.550. The molecular formula is C20H30ClN5O. The Kier molecular flexibility index (Phi) is 7.00. The van der Waals surface area contributed by atoms with E-state index in [0.29, 0.717) is 12.5 Å². The van der Waals surface area contributed by atoms with E-state index in [2.05, 4.69) is 47.6 Å². The van der Waals surface area contributed by atoms with Crippen LogP contribution in [0.2, 0.25) is 0 Å². The summed E-state index contributed by atoms with van der Waals surface area (Å²) in [5.74, 6) is 1.12. The van der Waals surface area contributed by atoms with Crippen LogP contribution in [0.4, 0.5) is 0 Å². The molecule has 1 aromatic carbocycles. The summed E-state index contributed by atoms with van der Waals surface area (Å²) in [6.07, 6.45) is 2.13. The van der Waals surface area contributed by atoms with Crippen molar-refractivity contribution in [2.45, 2.75) is 46.5 Å². The second kappa shape index (κ2) is 8.85. The van der Waals surface area contributed by atoms with Crippen LogP contribution in [0.5, 0.6) is 0 Å². The average Bonchev–Trinajstić information content (AvgIpc) is 3.02. The highest BCUT2D eigenvalue weighted by atomic mass is 35.5. The molecule has 2 N–H and O–H groups in total. The molecule has 1 amide bonds. The van der Waals surface area contributed by atoms with Crippen molar-refractivity contribution in [2.75, 3.05) is 19.6 Å². The van der Waals surface area contributed by atoms with Crippen molar-refractivity contribution < 1.29 is 4.79 Å². The van der Waals surface area contributed by atoms with Gasteiger partial charge in [0.1, 0.15) is 5.82 Å². The summed E-state index contributed by atoms with van der Waals surface area (Å²) in [4.78, 5) is 17.0. The SMILES string of the molecule is Cc1nc(C(=O)NCC2(C)CCNCC2)nn1-c1ccccc1C(C)C.Cl. The monoisotopic (exact) mass is 391 g/mol. The summed E-state index contributed by atoms with van der Waals surface area (Å²) in [5.41, 5.74) is 2.31. The number of carbonyl (C=O) groups is 1. The quantitative estimate of drug-likeness (QED) is 0.820. The van der Waals surface area contributed by atoms with E-state index < -0.39 is 0 Å². The number of rotatable bonds is 5. The zero-order chi connectivity index (χ0) is 18.7. The van der Waals surface area contributed by atoms with E-state index in [1.165, 1.54) is 5.56 Å². The number of carbonyl (C=O) groups excluding carboxylic acids is 1. The molecule has 2 aromatic rings. The molecule has 0 unspecified atom stereocenters. The predicted molar refractivity (Wildman–Crippen MR) is 110 cm³/mol. The smallest absolute Gasteiger partial charge is 0.291 e. The van der Waals surface area contributed by atoms with Crippen LogP contribution in [0.3, 0.4) is 0 Å². The minimum Gasteiger partial charge on any atom is -0.349 e. The van der Waals surface area contributed by atoms with Crippen LogP contribution in [0.15, 0.2) is 24.3 Å². The molecule has 0 spiro atoms. The van der Waals surface area contributed by atoms with E-state index >= 15 is 0 Å². The van der Waals surface area contributed by atoms with Crippen molar-refractivity contribution in [1.82, 2.24) is 25.4 Å². The van der Waals surface area contributed by atoms with Gasteiger partial charge in [-0.3, -0.25) is 4.79 Å². The van der Waals surface area contributed by atoms with Crippen molar-refractivity contribution in [2.24, 2.45) is 5.41 Å². The third-order valence-corrected chi connectivity index (χ3v) is 5.25. The number of nitrogens with one attached hydrogen (secondary N) is 2. The Balaban J connectivity index is 0.00000261. The van der Waals surface area contributed by atoms with E-state index in [4.69, 9.17) is 0 Å². The maximum atomic E-state index is 12.6. The summed E-state index contributed by atoms with van der Waals surface area (Å²) >= 11 is 0. The fourth-order valence-corrected chi connectivity index (χ4v) is 3.46. The average molecular weight is 392 g/mol. The van der Waals surface area contributed by atoms with Crippen LogP contribution >= 0.6 is 12.4 Å². The van der Waals surface area contributed by atoms with E-state index in [-0.39, 0.29) is 29.6 Å². The van der Waals surface area contributed by atoms with Gasteiger partial charge in [-0.2, -0.15) is 0 Å². The standard InChI is InChI=1S/C20H29N5O.ClH/c1-14(2)16-7-5-6-8-17(16)25-15(3)23-18(24-25)19(26)22-13-20(4)9-11-21-12-10-20;/h5-8,14,21H,9-13H2,1-4H3,(H,22,26);1H. The van der Waals surface area contributed by atoms with Crippen molar-refractivity contribution in [1.29, 1.82) is 0 Å². The molecule has 3 rings (SSSR count). The maximum absolute atomic E-state index is 12.6. The van der Waals surface area contributed by atoms with Gasteiger partial charge >= 0.3 is 0 Å². The normalized spacial score (nSPS) is 16.0. The lowest BCUT2D eigenvalue weighted by Gasteiger charge is -2.33. The highest BCUT2D eigenvalue weighted by molar-refractivity contribution is 5.90. The van der Waals surface area contributed by atoms with E-state index in [1.807, 2.05) is 25.1 Å². The van der Waals surface area contributed by atoms with Crippen molar-refractivity contribution >= 4 is 18.3 Å². The molecule has 6 nitrogen and oxygen atoms in total. The molecule has 2 heterocycles. The highest BCUT2D eigenvalue weighted by Gasteiger charge is 2.28. The number of halogens is 1. The minimum absolute atomic E-state index is 0. The number of nitrogens with zero attached hydrogens (tertiary/aromatic N) is 3. The molecule has 0 aliphatic carbocycles. The van der Waals surface area contributed by atoms with Gasteiger partial charge in [-0.1, -0.05) is 39.0 Å². The van der Waals surface area contributed by atoms with Gasteiger partial charge < -0.3 is 10.6 Å². The Bertz CT molecular complexity index is 780. The Morgan fingerprint density at radius 2 is 1.96 bits per heavy atom. The number of aryl methyl sites for hydroxylation is 1. The Hall–Kier alpha value is -1.92. The lowest BCUT2D eigenvalue weighted by molar-refractivity contribution is 0.0912. The molecule has 0 bridgehead atoms. The Morgan fingerprint density at radius 3 is 2.63 bits per heavy atom. The molecule has 0 saturated carbocycles. The Morgan fingerprint density at radius 1 is 1.30 bits per heavy atom. The second-order valence-electron chi connectivity index (χ2n) is 7.85. The maximum Gasteiger partial charge on any atom is 0.291 e. The van der Waals surface area contributed by atoms with Crippen LogP contribution < -0.4 is 10.6 Å². The first-order valence-electron chi connectivity index (χ1n) is 9.41. The Labute approximate surface area is 167 Å². The highest BCUT2D eigenvalue weighted by Crippen LogP contribution is 2.27. The lowest BCUT2D eigenvalue weighted by Crippen LogP contribution is -2.43. The van der Waals surface area contributed by atoms with E-state index in [9.17, 15) is 4.79 Å². The molecule has 0 atom stereocenters. The summed E-state index contributed by atoms with van der Waals surface area (Å²) in [5, 5.41) is 10.9. The summed E-state index contributed by atoms with van der Waals surface area (Å²) < 4.78 is 1.77. The number of amides is 1. The largest absolute Gasteiger partial charge is 0.349 e. The topological polar surface area (TPSA) is 71.8 Å². The van der Waals surface area contributed by atoms with Gasteiger partial charge in [-0.05, 0) is 55.8 Å². The summed E-state index contributed by atoms with van der Waals surface area (Å²) in [6, 6.07) is 8.13. The number of hydrogen-bond acceptors (Lipinski definition) is 4. The molecule has 7 heteroatoms. The number of benzene rings is 1. The van der Waals surface area contributed by atoms with Gasteiger partial charge in [0.2, 0.25) is 5.82 Å². The number of aromatic nitrogens is 3. The minimum atomic E-state index is -0.200. The van der Waals surface area contributed by atoms with Gasteiger partial charge in [0.15, 0.2) is 0 Å². The third kappa shape index (κ3) is 4.87. The third-order valence-electron chi connectivity index (χ3n) is 5.25. The molecular weight excluding hydrogens is 362 g/mol. The molecule has 148 valence electrons. The van der Waals surface area contributed by atoms with E-state index in [0.717, 1.165) is 37.4 Å². The molecule has 1 saturated heterocycles.